The van der Waals surface area contributed by atoms with Gasteiger partial charge in [-0.05, 0) is 127 Å². The topological polar surface area (TPSA) is 6.48 Å². The number of thiophene rings is 1. The van der Waals surface area contributed by atoms with Gasteiger partial charge < -0.3 is 9.80 Å². The SMILES string of the molecule is c1ccc(N2c3ccccc3C3(c4ccccc4-c4c(N(c5ccc(-c6cccc7sc8ccccc8c67)cc5)c5ccccc5-c5ccccc5-c5cccc6ccccc56)cccc43)c3ccccc32)cc1. The fraction of sp³-hybridized carbons (Fsp3) is 0.0141. The molecule has 74 heavy (non-hydrogen) atoms. The molecule has 0 amide bonds. The van der Waals surface area contributed by atoms with Crippen LogP contribution in [0.4, 0.5) is 34.1 Å². The van der Waals surface area contributed by atoms with Crippen LogP contribution in [0.1, 0.15) is 22.3 Å². The minimum Gasteiger partial charge on any atom is -0.310 e. The van der Waals surface area contributed by atoms with Gasteiger partial charge in [0.15, 0.2) is 0 Å². The van der Waals surface area contributed by atoms with Gasteiger partial charge in [-0.2, -0.15) is 0 Å². The Bertz CT molecular complexity index is 4290. The number of para-hydroxylation sites is 4. The molecule has 2 heterocycles. The van der Waals surface area contributed by atoms with Crippen molar-refractivity contribution in [3.63, 3.8) is 0 Å². The molecule has 1 aliphatic carbocycles. The summed E-state index contributed by atoms with van der Waals surface area (Å²) in [6, 6.07) is 104. The second-order valence-corrected chi connectivity index (χ2v) is 20.5. The first-order chi connectivity index (χ1) is 36.8. The molecule has 3 heteroatoms. The maximum absolute atomic E-state index is 2.55. The highest BCUT2D eigenvalue weighted by molar-refractivity contribution is 7.25. The highest BCUT2D eigenvalue weighted by atomic mass is 32.1. The second kappa shape index (κ2) is 16.9. The smallest absolute Gasteiger partial charge is 0.0755 e. The molecule has 346 valence electrons. The van der Waals surface area contributed by atoms with Gasteiger partial charge in [-0.25, -0.2) is 0 Å². The van der Waals surface area contributed by atoms with Gasteiger partial charge in [0, 0.05) is 42.7 Å². The van der Waals surface area contributed by atoms with Gasteiger partial charge in [0.1, 0.15) is 0 Å². The van der Waals surface area contributed by atoms with Gasteiger partial charge in [0.05, 0.1) is 28.2 Å². The van der Waals surface area contributed by atoms with Crippen LogP contribution in [-0.4, -0.2) is 0 Å². The van der Waals surface area contributed by atoms with Crippen molar-refractivity contribution in [2.75, 3.05) is 9.80 Å². The van der Waals surface area contributed by atoms with E-state index in [1.165, 1.54) is 104 Å². The molecule has 1 spiro atoms. The first-order valence-electron chi connectivity index (χ1n) is 25.5. The third kappa shape index (κ3) is 6.24. The van der Waals surface area contributed by atoms with E-state index in [0.29, 0.717) is 0 Å². The van der Waals surface area contributed by atoms with Gasteiger partial charge in [-0.15, -0.1) is 11.3 Å². The van der Waals surface area contributed by atoms with Gasteiger partial charge in [0.2, 0.25) is 0 Å². The highest BCUT2D eigenvalue weighted by Gasteiger charge is 2.52. The summed E-state index contributed by atoms with van der Waals surface area (Å²) in [6.45, 7) is 0. The van der Waals surface area contributed by atoms with Gasteiger partial charge in [-0.1, -0.05) is 218 Å². The molecule has 2 aliphatic rings. The number of rotatable bonds is 7. The van der Waals surface area contributed by atoms with Crippen molar-refractivity contribution >= 4 is 76.4 Å². The summed E-state index contributed by atoms with van der Waals surface area (Å²) in [4.78, 5) is 5.00. The van der Waals surface area contributed by atoms with Gasteiger partial charge >= 0.3 is 0 Å². The summed E-state index contributed by atoms with van der Waals surface area (Å²) in [5.41, 5.74) is 21.0. The number of hydrogen-bond donors (Lipinski definition) is 0. The van der Waals surface area contributed by atoms with Gasteiger partial charge in [-0.3, -0.25) is 0 Å². The van der Waals surface area contributed by atoms with E-state index in [1.54, 1.807) is 0 Å². The van der Waals surface area contributed by atoms with Crippen LogP contribution in [0.3, 0.4) is 0 Å². The number of fused-ring (bicyclic) bond motifs is 13. The second-order valence-electron chi connectivity index (χ2n) is 19.4. The Hall–Kier alpha value is -9.28. The third-order valence-corrected chi connectivity index (χ3v) is 16.8. The lowest BCUT2D eigenvalue weighted by Gasteiger charge is -2.45. The molecular weight excluding hydrogens is 913 g/mol. The van der Waals surface area contributed by atoms with E-state index in [-0.39, 0.29) is 0 Å². The maximum Gasteiger partial charge on any atom is 0.0755 e. The number of benzene rings is 12. The normalized spacial score (nSPS) is 12.9. The number of nitrogens with zero attached hydrogens (tertiary/aromatic N) is 2. The Kier molecular flexibility index (Phi) is 9.70. The van der Waals surface area contributed by atoms with E-state index in [2.05, 4.69) is 289 Å². The maximum atomic E-state index is 2.55. The van der Waals surface area contributed by atoms with E-state index in [1.807, 2.05) is 11.3 Å². The van der Waals surface area contributed by atoms with Crippen LogP contribution in [0, 0.1) is 0 Å². The van der Waals surface area contributed by atoms with Crippen LogP contribution in [-0.2, 0) is 5.41 Å². The van der Waals surface area contributed by atoms with E-state index in [9.17, 15) is 0 Å². The van der Waals surface area contributed by atoms with E-state index < -0.39 is 5.41 Å². The molecule has 0 radical (unpaired) electrons. The van der Waals surface area contributed by atoms with Crippen molar-refractivity contribution in [2.45, 2.75) is 5.41 Å². The van der Waals surface area contributed by atoms with Crippen molar-refractivity contribution in [1.29, 1.82) is 0 Å². The molecule has 0 saturated heterocycles. The minimum atomic E-state index is -0.613. The average molecular weight is 959 g/mol. The lowest BCUT2D eigenvalue weighted by atomic mass is 9.64. The van der Waals surface area contributed by atoms with Crippen molar-refractivity contribution in [1.82, 2.24) is 0 Å². The Morgan fingerprint density at radius 3 is 1.62 bits per heavy atom. The lowest BCUT2D eigenvalue weighted by Crippen LogP contribution is -2.36. The van der Waals surface area contributed by atoms with Gasteiger partial charge in [0.25, 0.3) is 0 Å². The first-order valence-corrected chi connectivity index (χ1v) is 26.3. The van der Waals surface area contributed by atoms with Crippen molar-refractivity contribution < 1.29 is 0 Å². The van der Waals surface area contributed by atoms with Crippen LogP contribution in [0.2, 0.25) is 0 Å². The molecule has 2 nitrogen and oxygen atoms in total. The standard InChI is InChI=1S/C71H46N2S/c1-2-23-49(24-3-1)73-64-38-15-12-34-60(64)71(61-35-13-16-39-65(61)73)59-33-11-8-29-57(59)70-62(71)36-20-40-66(70)72(50-45-43-48(44-46-50)52-31-19-42-68-69(52)58-30-10-17-41-67(58)74-68)63-37-14-9-28-56(63)55-27-7-6-26-54(55)53-32-18-22-47-21-4-5-25-51(47)53/h1-46H. The molecule has 0 fully saturated rings. The Balaban J connectivity index is 0.995. The molecule has 0 bridgehead atoms. The molecular formula is C71H46N2S. The summed E-state index contributed by atoms with van der Waals surface area (Å²) in [6.07, 6.45) is 0. The Labute approximate surface area is 435 Å². The molecule has 1 aliphatic heterocycles. The Morgan fingerprint density at radius 1 is 0.324 bits per heavy atom. The van der Waals surface area contributed by atoms with E-state index in [4.69, 9.17) is 0 Å². The quantitative estimate of drug-likeness (QED) is 0.157. The fourth-order valence-corrected chi connectivity index (χ4v) is 13.8. The zero-order valence-corrected chi connectivity index (χ0v) is 41.2. The number of hydrogen-bond acceptors (Lipinski definition) is 3. The molecule has 12 aromatic carbocycles. The van der Waals surface area contributed by atoms with Crippen molar-refractivity contribution in [2.24, 2.45) is 0 Å². The van der Waals surface area contributed by atoms with Crippen molar-refractivity contribution in [3.8, 4) is 44.5 Å². The molecule has 0 saturated carbocycles. The minimum absolute atomic E-state index is 0.613. The zero-order valence-electron chi connectivity index (χ0n) is 40.4. The highest BCUT2D eigenvalue weighted by Crippen LogP contribution is 2.65. The fourth-order valence-electron chi connectivity index (χ4n) is 12.7. The van der Waals surface area contributed by atoms with Crippen LogP contribution in [0.15, 0.2) is 279 Å². The molecule has 13 aromatic rings. The first kappa shape index (κ1) is 42.4. The third-order valence-electron chi connectivity index (χ3n) is 15.7. The predicted molar refractivity (Wildman–Crippen MR) is 313 cm³/mol. The largest absolute Gasteiger partial charge is 0.310 e. The molecule has 0 N–H and O–H groups in total. The molecule has 0 atom stereocenters. The summed E-state index contributed by atoms with van der Waals surface area (Å²) in [5, 5.41) is 5.08. The molecule has 0 unspecified atom stereocenters. The zero-order chi connectivity index (χ0) is 48.7. The summed E-state index contributed by atoms with van der Waals surface area (Å²) < 4.78 is 2.61. The lowest BCUT2D eigenvalue weighted by molar-refractivity contribution is 0.752. The molecule has 15 rings (SSSR count). The van der Waals surface area contributed by atoms with Crippen LogP contribution >= 0.6 is 11.3 Å². The van der Waals surface area contributed by atoms with Crippen LogP contribution < -0.4 is 9.80 Å². The van der Waals surface area contributed by atoms with Crippen LogP contribution in [0.5, 0.6) is 0 Å². The number of anilines is 6. The predicted octanol–water partition coefficient (Wildman–Crippen LogP) is 19.8. The monoisotopic (exact) mass is 958 g/mol. The van der Waals surface area contributed by atoms with E-state index in [0.717, 1.165) is 28.3 Å². The summed E-state index contributed by atoms with van der Waals surface area (Å²) in [5.74, 6) is 0. The van der Waals surface area contributed by atoms with E-state index >= 15 is 0 Å². The van der Waals surface area contributed by atoms with Crippen molar-refractivity contribution in [3.05, 3.63) is 301 Å². The Morgan fingerprint density at radius 2 is 0.838 bits per heavy atom. The summed E-state index contributed by atoms with van der Waals surface area (Å²) in [7, 11) is 0. The summed E-state index contributed by atoms with van der Waals surface area (Å²) >= 11 is 1.87. The van der Waals surface area contributed by atoms with Crippen LogP contribution in [0.25, 0.3) is 75.5 Å². The average Bonchev–Trinajstić information content (AvgIpc) is 4.01. The molecule has 1 aromatic heterocycles.